The molecule has 5 nitrogen and oxygen atoms in total. The number of anilines is 2. The Morgan fingerprint density at radius 1 is 1.30 bits per heavy atom. The van der Waals surface area contributed by atoms with Crippen molar-refractivity contribution in [2.75, 3.05) is 23.0 Å². The van der Waals surface area contributed by atoms with Crippen LogP contribution in [0.3, 0.4) is 0 Å². The number of aromatic nitrogens is 1. The highest BCUT2D eigenvalue weighted by atomic mass is 32.2. The van der Waals surface area contributed by atoms with Crippen LogP contribution >= 0.6 is 11.8 Å². The van der Waals surface area contributed by atoms with Crippen LogP contribution in [0.25, 0.3) is 0 Å². The number of rotatable bonds is 3. The molecule has 0 spiro atoms. The van der Waals surface area contributed by atoms with Crippen LogP contribution in [0.5, 0.6) is 0 Å². The lowest BCUT2D eigenvalue weighted by atomic mass is 10.1. The van der Waals surface area contributed by atoms with Crippen molar-refractivity contribution in [1.29, 1.82) is 0 Å². The van der Waals surface area contributed by atoms with E-state index in [-0.39, 0.29) is 11.8 Å². The molecule has 1 aliphatic heterocycles. The van der Waals surface area contributed by atoms with Crippen LogP contribution in [-0.4, -0.2) is 29.6 Å². The zero-order valence-corrected chi connectivity index (χ0v) is 13.8. The van der Waals surface area contributed by atoms with Gasteiger partial charge >= 0.3 is 0 Å². The fourth-order valence-electron chi connectivity index (χ4n) is 2.71. The third-order valence-corrected chi connectivity index (χ3v) is 4.54. The number of hydrogen-bond donors (Lipinski definition) is 1. The molecule has 2 heterocycles. The number of nitrogens with one attached hydrogen (secondary N) is 1. The summed E-state index contributed by atoms with van der Waals surface area (Å²) in [5.74, 6) is -0.182. The van der Waals surface area contributed by atoms with Crippen LogP contribution < -0.4 is 10.2 Å². The number of benzene rings is 1. The molecule has 0 fully saturated rings. The maximum Gasteiger partial charge on any atom is 0.258 e. The van der Waals surface area contributed by atoms with Crippen molar-refractivity contribution in [3.8, 4) is 0 Å². The van der Waals surface area contributed by atoms with E-state index < -0.39 is 0 Å². The molecule has 0 unspecified atom stereocenters. The van der Waals surface area contributed by atoms with E-state index in [1.165, 1.54) is 11.8 Å². The number of pyridine rings is 1. The molecule has 1 N–H and O–H groups in total. The van der Waals surface area contributed by atoms with Gasteiger partial charge in [0.25, 0.3) is 5.91 Å². The standard InChI is InChI=1S/C17H17N3O2S/c1-11(21)20-9-7-12-5-6-13(10-15(12)20)19-16(22)14-4-3-8-18-17(14)23-2/h3-6,8,10H,7,9H2,1-2H3,(H,19,22). The maximum absolute atomic E-state index is 12.5. The third-order valence-electron chi connectivity index (χ3n) is 3.83. The molecule has 0 bridgehead atoms. The van der Waals surface area contributed by atoms with E-state index in [0.29, 0.717) is 22.8 Å². The van der Waals surface area contributed by atoms with Crippen LogP contribution in [0.15, 0.2) is 41.6 Å². The summed E-state index contributed by atoms with van der Waals surface area (Å²) in [5, 5.41) is 3.58. The van der Waals surface area contributed by atoms with Crippen molar-refractivity contribution in [3.05, 3.63) is 47.7 Å². The fraction of sp³-hybridized carbons (Fsp3) is 0.235. The van der Waals surface area contributed by atoms with Crippen LogP contribution in [-0.2, 0) is 11.2 Å². The van der Waals surface area contributed by atoms with Crippen molar-refractivity contribution in [3.63, 3.8) is 0 Å². The van der Waals surface area contributed by atoms with E-state index in [9.17, 15) is 9.59 Å². The monoisotopic (exact) mass is 327 g/mol. The molecule has 0 aliphatic carbocycles. The summed E-state index contributed by atoms with van der Waals surface area (Å²) in [6.45, 7) is 2.25. The predicted octanol–water partition coefficient (Wildman–Crippen LogP) is 2.96. The molecular formula is C17H17N3O2S. The summed E-state index contributed by atoms with van der Waals surface area (Å²) in [4.78, 5) is 30.1. The lowest BCUT2D eigenvalue weighted by Crippen LogP contribution is -2.25. The smallest absolute Gasteiger partial charge is 0.258 e. The molecule has 0 radical (unpaired) electrons. The van der Waals surface area contributed by atoms with E-state index >= 15 is 0 Å². The van der Waals surface area contributed by atoms with Crippen molar-refractivity contribution >= 4 is 35.0 Å². The van der Waals surface area contributed by atoms with Crippen LogP contribution in [0, 0.1) is 0 Å². The van der Waals surface area contributed by atoms with Crippen molar-refractivity contribution in [1.82, 2.24) is 4.98 Å². The van der Waals surface area contributed by atoms with Crippen LogP contribution in [0.1, 0.15) is 22.8 Å². The van der Waals surface area contributed by atoms with Gasteiger partial charge in [0.15, 0.2) is 0 Å². The van der Waals surface area contributed by atoms with E-state index in [1.807, 2.05) is 24.5 Å². The normalized spacial score (nSPS) is 12.9. The summed E-state index contributed by atoms with van der Waals surface area (Å²) < 4.78 is 0. The number of carbonyl (C=O) groups excluding carboxylic acids is 2. The number of thioether (sulfide) groups is 1. The van der Waals surface area contributed by atoms with Gasteiger partial charge in [0, 0.05) is 31.0 Å². The molecule has 1 aromatic carbocycles. The minimum Gasteiger partial charge on any atom is -0.322 e. The number of fused-ring (bicyclic) bond motifs is 1. The molecule has 0 saturated heterocycles. The molecule has 0 saturated carbocycles. The van der Waals surface area contributed by atoms with Gasteiger partial charge in [-0.25, -0.2) is 4.98 Å². The van der Waals surface area contributed by atoms with Crippen molar-refractivity contribution in [2.24, 2.45) is 0 Å². The Morgan fingerprint density at radius 2 is 2.13 bits per heavy atom. The highest BCUT2D eigenvalue weighted by Gasteiger charge is 2.22. The van der Waals surface area contributed by atoms with Gasteiger partial charge in [0.1, 0.15) is 5.03 Å². The molecule has 2 amide bonds. The van der Waals surface area contributed by atoms with Gasteiger partial charge in [0.05, 0.1) is 5.56 Å². The summed E-state index contributed by atoms with van der Waals surface area (Å²) in [6.07, 6.45) is 4.41. The third kappa shape index (κ3) is 3.07. The Kier molecular flexibility index (Phi) is 4.34. The number of amides is 2. The number of hydrogen-bond acceptors (Lipinski definition) is 4. The molecule has 6 heteroatoms. The number of nitrogens with zero attached hydrogens (tertiary/aromatic N) is 2. The van der Waals surface area contributed by atoms with E-state index in [0.717, 1.165) is 17.7 Å². The topological polar surface area (TPSA) is 62.3 Å². The van der Waals surface area contributed by atoms with E-state index in [4.69, 9.17) is 0 Å². The summed E-state index contributed by atoms with van der Waals surface area (Å²) in [6, 6.07) is 9.19. The zero-order chi connectivity index (χ0) is 16.4. The Hall–Kier alpha value is -2.34. The summed E-state index contributed by atoms with van der Waals surface area (Å²) in [7, 11) is 0. The van der Waals surface area contributed by atoms with Crippen LogP contribution in [0.4, 0.5) is 11.4 Å². The van der Waals surface area contributed by atoms with Gasteiger partial charge in [-0.05, 0) is 42.5 Å². The summed E-state index contributed by atoms with van der Waals surface area (Å²) in [5.41, 5.74) is 3.23. The molecule has 0 atom stereocenters. The Balaban J connectivity index is 1.85. The first-order valence-corrected chi connectivity index (χ1v) is 8.54. The van der Waals surface area contributed by atoms with E-state index in [1.54, 1.807) is 30.2 Å². The largest absolute Gasteiger partial charge is 0.322 e. The maximum atomic E-state index is 12.5. The van der Waals surface area contributed by atoms with Gasteiger partial charge in [-0.2, -0.15) is 0 Å². The molecule has 1 aliphatic rings. The Labute approximate surface area is 139 Å². The summed E-state index contributed by atoms with van der Waals surface area (Å²) >= 11 is 1.43. The van der Waals surface area contributed by atoms with Gasteiger partial charge in [-0.3, -0.25) is 9.59 Å². The highest BCUT2D eigenvalue weighted by molar-refractivity contribution is 7.98. The average Bonchev–Trinajstić information content (AvgIpc) is 2.98. The lowest BCUT2D eigenvalue weighted by Gasteiger charge is -2.16. The molecular weight excluding hydrogens is 310 g/mol. The SMILES string of the molecule is CSc1ncccc1C(=O)Nc1ccc2c(c1)N(C(C)=O)CC2. The average molecular weight is 327 g/mol. The second-order valence-electron chi connectivity index (χ2n) is 5.28. The van der Waals surface area contributed by atoms with Crippen LogP contribution in [0.2, 0.25) is 0 Å². The first-order valence-electron chi connectivity index (χ1n) is 7.31. The zero-order valence-electron chi connectivity index (χ0n) is 13.0. The van der Waals surface area contributed by atoms with Crippen molar-refractivity contribution in [2.45, 2.75) is 18.4 Å². The minimum atomic E-state index is -0.199. The quantitative estimate of drug-likeness (QED) is 0.881. The molecule has 2 aromatic rings. The van der Waals surface area contributed by atoms with Gasteiger partial charge < -0.3 is 10.2 Å². The first-order chi connectivity index (χ1) is 11.1. The lowest BCUT2D eigenvalue weighted by molar-refractivity contribution is -0.116. The first kappa shape index (κ1) is 15.6. The number of carbonyl (C=O) groups is 2. The van der Waals surface area contributed by atoms with Crippen molar-refractivity contribution < 1.29 is 9.59 Å². The van der Waals surface area contributed by atoms with Gasteiger partial charge in [-0.15, -0.1) is 11.8 Å². The molecule has 3 rings (SSSR count). The molecule has 1 aromatic heterocycles. The predicted molar refractivity (Wildman–Crippen MR) is 92.1 cm³/mol. The molecule has 23 heavy (non-hydrogen) atoms. The second-order valence-corrected chi connectivity index (χ2v) is 6.07. The molecule has 118 valence electrons. The Bertz CT molecular complexity index is 776. The van der Waals surface area contributed by atoms with Gasteiger partial charge in [0.2, 0.25) is 5.91 Å². The second kappa shape index (κ2) is 6.42. The highest BCUT2D eigenvalue weighted by Crippen LogP contribution is 2.31. The van der Waals surface area contributed by atoms with Gasteiger partial charge in [-0.1, -0.05) is 6.07 Å². The fourth-order valence-corrected chi connectivity index (χ4v) is 3.26. The van der Waals surface area contributed by atoms with E-state index in [2.05, 4.69) is 10.3 Å². The minimum absolute atomic E-state index is 0.0177. The Morgan fingerprint density at radius 3 is 2.87 bits per heavy atom.